The van der Waals surface area contributed by atoms with E-state index in [2.05, 4.69) is 6.92 Å². The molecule has 0 spiro atoms. The van der Waals surface area contributed by atoms with Crippen LogP contribution >= 0.6 is 0 Å². The van der Waals surface area contributed by atoms with Crippen LogP contribution in [0.3, 0.4) is 0 Å². The van der Waals surface area contributed by atoms with E-state index in [-0.39, 0.29) is 5.82 Å². The van der Waals surface area contributed by atoms with Crippen molar-refractivity contribution < 1.29 is 8.78 Å². The lowest BCUT2D eigenvalue weighted by Crippen LogP contribution is -1.90. The Morgan fingerprint density at radius 3 is 2.64 bits per heavy atom. The zero-order chi connectivity index (χ0) is 8.27. The highest BCUT2D eigenvalue weighted by molar-refractivity contribution is 5.18. The highest BCUT2D eigenvalue weighted by Crippen LogP contribution is 2.10. The van der Waals surface area contributed by atoms with Crippen LogP contribution in [-0.4, -0.2) is 0 Å². The van der Waals surface area contributed by atoms with Crippen molar-refractivity contribution in [3.05, 3.63) is 42.3 Å². The fourth-order valence-electron chi connectivity index (χ4n) is 0.925. The molecule has 0 N–H and O–H groups in total. The Morgan fingerprint density at radius 1 is 1.27 bits per heavy atom. The van der Waals surface area contributed by atoms with Crippen molar-refractivity contribution in [3.63, 3.8) is 0 Å². The van der Waals surface area contributed by atoms with Crippen LogP contribution in [0.1, 0.15) is 12.0 Å². The topological polar surface area (TPSA) is 0 Å². The predicted octanol–water partition coefficient (Wildman–Crippen LogP) is 2.73. The lowest BCUT2D eigenvalue weighted by Gasteiger charge is -1.99. The van der Waals surface area contributed by atoms with Crippen LogP contribution in [0.5, 0.6) is 0 Å². The molecular formula is C9H9F2. The highest BCUT2D eigenvalue weighted by Gasteiger charge is 2.01. The average Bonchev–Trinajstić information content (AvgIpc) is 1.98. The van der Waals surface area contributed by atoms with Gasteiger partial charge in [-0.05, 0) is 36.6 Å². The summed E-state index contributed by atoms with van der Waals surface area (Å²) in [4.78, 5) is 0. The first-order chi connectivity index (χ1) is 5.24. The molecule has 1 radical (unpaired) electrons. The lowest BCUT2D eigenvalue weighted by atomic mass is 10.1. The normalized spacial score (nSPS) is 10.1. The van der Waals surface area contributed by atoms with Gasteiger partial charge < -0.3 is 0 Å². The molecule has 0 unspecified atom stereocenters. The molecule has 0 atom stereocenters. The van der Waals surface area contributed by atoms with E-state index in [1.807, 2.05) is 0 Å². The van der Waals surface area contributed by atoms with Crippen LogP contribution in [0.15, 0.2) is 18.2 Å². The molecule has 0 aliphatic rings. The van der Waals surface area contributed by atoms with Gasteiger partial charge in [0.25, 0.3) is 0 Å². The van der Waals surface area contributed by atoms with Gasteiger partial charge in [0.15, 0.2) is 0 Å². The summed E-state index contributed by atoms with van der Waals surface area (Å²) in [6.07, 6.45) is 1.07. The molecule has 1 aromatic carbocycles. The molecule has 2 heteroatoms. The van der Waals surface area contributed by atoms with E-state index in [1.165, 1.54) is 6.07 Å². The number of rotatable bonds is 2. The fourth-order valence-corrected chi connectivity index (χ4v) is 0.925. The highest BCUT2D eigenvalue weighted by atomic mass is 19.1. The zero-order valence-electron chi connectivity index (χ0n) is 6.11. The zero-order valence-corrected chi connectivity index (χ0v) is 6.11. The number of benzene rings is 1. The summed E-state index contributed by atoms with van der Waals surface area (Å²) in [5.74, 6) is -0.745. The van der Waals surface area contributed by atoms with Gasteiger partial charge in [0.05, 0.1) is 0 Å². The number of hydrogen-bond acceptors (Lipinski definition) is 0. The van der Waals surface area contributed by atoms with Gasteiger partial charge in [-0.2, -0.15) is 0 Å². The van der Waals surface area contributed by atoms with E-state index in [0.29, 0.717) is 18.4 Å². The van der Waals surface area contributed by atoms with Gasteiger partial charge in [-0.15, -0.1) is 0 Å². The average molecular weight is 155 g/mol. The SMILES string of the molecule is [CH2]CCc1cc(F)ccc1F. The maximum Gasteiger partial charge on any atom is 0.126 e. The van der Waals surface area contributed by atoms with E-state index < -0.39 is 5.82 Å². The summed E-state index contributed by atoms with van der Waals surface area (Å²) in [5, 5.41) is 0. The number of aryl methyl sites for hydroxylation is 1. The minimum atomic E-state index is -0.394. The van der Waals surface area contributed by atoms with Crippen molar-refractivity contribution in [2.45, 2.75) is 12.8 Å². The summed E-state index contributed by atoms with van der Waals surface area (Å²) in [6, 6.07) is 3.46. The Morgan fingerprint density at radius 2 is 2.00 bits per heavy atom. The monoisotopic (exact) mass is 155 g/mol. The summed E-state index contributed by atoms with van der Waals surface area (Å²) < 4.78 is 25.2. The third-order valence-corrected chi connectivity index (χ3v) is 1.45. The van der Waals surface area contributed by atoms with E-state index in [9.17, 15) is 8.78 Å². The molecule has 0 bridgehead atoms. The van der Waals surface area contributed by atoms with Gasteiger partial charge in [0.2, 0.25) is 0 Å². The van der Waals surface area contributed by atoms with Crippen molar-refractivity contribution in [3.8, 4) is 0 Å². The molecule has 0 aliphatic carbocycles. The lowest BCUT2D eigenvalue weighted by molar-refractivity contribution is 0.585. The smallest absolute Gasteiger partial charge is 0.126 e. The molecule has 1 aromatic rings. The minimum Gasteiger partial charge on any atom is -0.207 e. The van der Waals surface area contributed by atoms with Crippen molar-refractivity contribution in [1.82, 2.24) is 0 Å². The van der Waals surface area contributed by atoms with Crippen LogP contribution < -0.4 is 0 Å². The molecular weight excluding hydrogens is 146 g/mol. The first-order valence-corrected chi connectivity index (χ1v) is 3.47. The predicted molar refractivity (Wildman–Crippen MR) is 40.0 cm³/mol. The van der Waals surface area contributed by atoms with E-state index in [4.69, 9.17) is 0 Å². The van der Waals surface area contributed by atoms with Crippen molar-refractivity contribution >= 4 is 0 Å². The van der Waals surface area contributed by atoms with Gasteiger partial charge in [-0.3, -0.25) is 0 Å². The van der Waals surface area contributed by atoms with Crippen molar-refractivity contribution in [1.29, 1.82) is 0 Å². The molecule has 1 rings (SSSR count). The maximum absolute atomic E-state index is 12.8. The Hall–Kier alpha value is -0.920. The van der Waals surface area contributed by atoms with E-state index in [1.54, 1.807) is 0 Å². The molecule has 59 valence electrons. The summed E-state index contributed by atoms with van der Waals surface area (Å²) in [6.45, 7) is 3.56. The molecule has 0 nitrogen and oxygen atoms in total. The van der Waals surface area contributed by atoms with Crippen LogP contribution in [0.2, 0.25) is 0 Å². The van der Waals surface area contributed by atoms with Gasteiger partial charge in [-0.1, -0.05) is 6.92 Å². The first kappa shape index (κ1) is 8.18. The van der Waals surface area contributed by atoms with Crippen LogP contribution in [-0.2, 0) is 6.42 Å². The quantitative estimate of drug-likeness (QED) is 0.616. The first-order valence-electron chi connectivity index (χ1n) is 3.47. The summed E-state index contributed by atoms with van der Waals surface area (Å²) >= 11 is 0. The Balaban J connectivity index is 2.93. The molecule has 0 fully saturated rings. The molecule has 0 saturated carbocycles. The second kappa shape index (κ2) is 3.46. The molecule has 0 heterocycles. The summed E-state index contributed by atoms with van der Waals surface area (Å²) in [5.41, 5.74) is 0.403. The molecule has 0 amide bonds. The van der Waals surface area contributed by atoms with Gasteiger partial charge in [0.1, 0.15) is 11.6 Å². The van der Waals surface area contributed by atoms with E-state index >= 15 is 0 Å². The standard InChI is InChI=1S/C9H9F2/c1-2-3-7-6-8(10)4-5-9(7)11/h4-6H,1-3H2. The molecule has 0 saturated heterocycles. The van der Waals surface area contributed by atoms with Crippen LogP contribution in [0, 0.1) is 18.6 Å². The van der Waals surface area contributed by atoms with Crippen LogP contribution in [0.4, 0.5) is 8.78 Å². The Kier molecular flexibility index (Phi) is 2.58. The Bertz CT molecular complexity index is 243. The Labute approximate surface area is 64.9 Å². The largest absolute Gasteiger partial charge is 0.207 e. The van der Waals surface area contributed by atoms with Crippen molar-refractivity contribution in [2.75, 3.05) is 0 Å². The molecule has 0 aromatic heterocycles. The minimum absolute atomic E-state index is 0.352. The maximum atomic E-state index is 12.8. The second-order valence-electron chi connectivity index (χ2n) is 2.34. The summed E-state index contributed by atoms with van der Waals surface area (Å²) in [7, 11) is 0. The van der Waals surface area contributed by atoms with Gasteiger partial charge in [0, 0.05) is 0 Å². The number of hydrogen-bond donors (Lipinski definition) is 0. The van der Waals surface area contributed by atoms with Gasteiger partial charge in [-0.25, -0.2) is 8.78 Å². The third kappa shape index (κ3) is 2.00. The second-order valence-corrected chi connectivity index (χ2v) is 2.34. The molecule has 11 heavy (non-hydrogen) atoms. The van der Waals surface area contributed by atoms with Crippen LogP contribution in [0.25, 0.3) is 0 Å². The van der Waals surface area contributed by atoms with Gasteiger partial charge >= 0.3 is 0 Å². The third-order valence-electron chi connectivity index (χ3n) is 1.45. The van der Waals surface area contributed by atoms with E-state index in [0.717, 1.165) is 12.1 Å². The number of halogens is 2. The van der Waals surface area contributed by atoms with Crippen molar-refractivity contribution in [2.24, 2.45) is 0 Å². The molecule has 0 aliphatic heterocycles. The fraction of sp³-hybridized carbons (Fsp3) is 0.222.